The summed E-state index contributed by atoms with van der Waals surface area (Å²) >= 11 is 3.49. The van der Waals surface area contributed by atoms with Crippen LogP contribution < -0.4 is 0 Å². The van der Waals surface area contributed by atoms with Gasteiger partial charge in [-0.25, -0.2) is 0 Å². The van der Waals surface area contributed by atoms with E-state index in [0.717, 1.165) is 25.7 Å². The molecule has 0 unspecified atom stereocenters. The van der Waals surface area contributed by atoms with Gasteiger partial charge in [0.05, 0.1) is 6.10 Å². The Balaban J connectivity index is 2.41. The summed E-state index contributed by atoms with van der Waals surface area (Å²) in [7, 11) is 0. The molecule has 1 N–H and O–H groups in total. The van der Waals surface area contributed by atoms with Crippen LogP contribution in [0, 0.1) is 6.92 Å². The van der Waals surface area contributed by atoms with Crippen LogP contribution in [0.15, 0.2) is 22.7 Å². The Bertz CT molecular complexity index is 309. The van der Waals surface area contributed by atoms with Crippen molar-refractivity contribution >= 4 is 15.9 Å². The van der Waals surface area contributed by atoms with Crippen molar-refractivity contribution in [3.63, 3.8) is 0 Å². The molecular weight excluding hydrogens is 252 g/mol. The van der Waals surface area contributed by atoms with Crippen LogP contribution in [-0.4, -0.2) is 11.2 Å². The highest BCUT2D eigenvalue weighted by molar-refractivity contribution is 9.10. The van der Waals surface area contributed by atoms with Crippen LogP contribution in [0.1, 0.15) is 37.3 Å². The van der Waals surface area contributed by atoms with Gasteiger partial charge in [0.2, 0.25) is 0 Å². The van der Waals surface area contributed by atoms with Crippen molar-refractivity contribution in [3.8, 4) is 0 Å². The van der Waals surface area contributed by atoms with Crippen molar-refractivity contribution in [3.05, 3.63) is 33.8 Å². The largest absolute Gasteiger partial charge is 0.393 e. The number of aliphatic hydroxyl groups is 1. The van der Waals surface area contributed by atoms with E-state index < -0.39 is 0 Å². The molecule has 1 aromatic carbocycles. The van der Waals surface area contributed by atoms with Crippen LogP contribution in [0.25, 0.3) is 0 Å². The summed E-state index contributed by atoms with van der Waals surface area (Å²) in [5, 5.41) is 9.43. The molecule has 0 spiro atoms. The topological polar surface area (TPSA) is 20.2 Å². The zero-order chi connectivity index (χ0) is 11.3. The lowest BCUT2D eigenvalue weighted by molar-refractivity contribution is 0.158. The van der Waals surface area contributed by atoms with Gasteiger partial charge in [-0.3, -0.25) is 0 Å². The minimum atomic E-state index is -0.124. The fourth-order valence-electron chi connectivity index (χ4n) is 1.61. The van der Waals surface area contributed by atoms with Crippen molar-refractivity contribution in [1.82, 2.24) is 0 Å². The fraction of sp³-hybridized carbons (Fsp3) is 0.538. The number of hydrogen-bond acceptors (Lipinski definition) is 1. The molecule has 0 saturated heterocycles. The molecule has 0 aromatic heterocycles. The molecule has 0 aliphatic rings. The molecule has 0 aliphatic heterocycles. The zero-order valence-electron chi connectivity index (χ0n) is 9.46. The molecule has 1 atom stereocenters. The van der Waals surface area contributed by atoms with Gasteiger partial charge in [-0.15, -0.1) is 0 Å². The first kappa shape index (κ1) is 12.7. The quantitative estimate of drug-likeness (QED) is 0.862. The van der Waals surface area contributed by atoms with Crippen molar-refractivity contribution in [2.24, 2.45) is 0 Å². The van der Waals surface area contributed by atoms with E-state index in [0.29, 0.717) is 0 Å². The molecule has 0 radical (unpaired) electrons. The highest BCUT2D eigenvalue weighted by Crippen LogP contribution is 2.18. The highest BCUT2D eigenvalue weighted by atomic mass is 79.9. The van der Waals surface area contributed by atoms with Crippen LogP contribution in [0.4, 0.5) is 0 Å². The average molecular weight is 271 g/mol. The van der Waals surface area contributed by atoms with Crippen LogP contribution in [0.5, 0.6) is 0 Å². The third-order valence-electron chi connectivity index (χ3n) is 2.70. The number of halogens is 1. The second-order valence-electron chi connectivity index (χ2n) is 4.04. The maximum Gasteiger partial charge on any atom is 0.0537 e. The normalized spacial score (nSPS) is 12.8. The van der Waals surface area contributed by atoms with Crippen LogP contribution in [-0.2, 0) is 6.42 Å². The van der Waals surface area contributed by atoms with Gasteiger partial charge in [-0.1, -0.05) is 35.0 Å². The number of hydrogen-bond donors (Lipinski definition) is 1. The summed E-state index contributed by atoms with van der Waals surface area (Å²) < 4.78 is 1.17. The predicted octanol–water partition coefficient (Wildman–Crippen LogP) is 3.85. The van der Waals surface area contributed by atoms with Crippen LogP contribution in [0.3, 0.4) is 0 Å². The molecule has 0 amide bonds. The molecule has 1 aromatic rings. The van der Waals surface area contributed by atoms with E-state index in [-0.39, 0.29) is 6.10 Å². The Hall–Kier alpha value is -0.340. The van der Waals surface area contributed by atoms with Crippen LogP contribution >= 0.6 is 15.9 Å². The van der Waals surface area contributed by atoms with Gasteiger partial charge in [0.25, 0.3) is 0 Å². The lowest BCUT2D eigenvalue weighted by Crippen LogP contribution is -2.04. The van der Waals surface area contributed by atoms with Crippen molar-refractivity contribution < 1.29 is 5.11 Å². The monoisotopic (exact) mass is 270 g/mol. The summed E-state index contributed by atoms with van der Waals surface area (Å²) in [4.78, 5) is 0. The first-order chi connectivity index (χ1) is 7.13. The van der Waals surface area contributed by atoms with Gasteiger partial charge in [0.1, 0.15) is 0 Å². The maximum atomic E-state index is 9.43. The van der Waals surface area contributed by atoms with E-state index in [1.807, 2.05) is 6.92 Å². The van der Waals surface area contributed by atoms with Crippen molar-refractivity contribution in [2.45, 2.75) is 45.6 Å². The number of benzene rings is 1. The second-order valence-corrected chi connectivity index (χ2v) is 4.89. The Morgan fingerprint density at radius 1 is 1.40 bits per heavy atom. The average Bonchev–Trinajstić information content (AvgIpc) is 2.23. The van der Waals surface area contributed by atoms with Gasteiger partial charge >= 0.3 is 0 Å². The number of aliphatic hydroxyl groups excluding tert-OH is 1. The Kier molecular flexibility index (Phi) is 5.34. The molecule has 0 aliphatic carbocycles. The van der Waals surface area contributed by atoms with Gasteiger partial charge in [0, 0.05) is 4.47 Å². The molecule has 1 rings (SSSR count). The molecule has 15 heavy (non-hydrogen) atoms. The minimum absolute atomic E-state index is 0.124. The predicted molar refractivity (Wildman–Crippen MR) is 68.1 cm³/mol. The Morgan fingerprint density at radius 3 is 2.73 bits per heavy atom. The Morgan fingerprint density at radius 2 is 2.13 bits per heavy atom. The zero-order valence-corrected chi connectivity index (χ0v) is 11.0. The number of rotatable bonds is 5. The van der Waals surface area contributed by atoms with E-state index >= 15 is 0 Å². The standard InChI is InChI=1S/C13H19BrO/c1-3-12(15)6-4-5-11-7-8-13(14)10(2)9-11/h7-9,12,15H,3-6H2,1-2H3/t12-/m1/s1. The fourth-order valence-corrected chi connectivity index (χ4v) is 1.85. The molecule has 1 nitrogen and oxygen atoms in total. The minimum Gasteiger partial charge on any atom is -0.393 e. The lowest BCUT2D eigenvalue weighted by atomic mass is 10.0. The first-order valence-electron chi connectivity index (χ1n) is 5.56. The summed E-state index contributed by atoms with van der Waals surface area (Å²) in [6.07, 6.45) is 3.77. The Labute approximate surface area is 101 Å². The number of aryl methyl sites for hydroxylation is 2. The smallest absolute Gasteiger partial charge is 0.0537 e. The third kappa shape index (κ3) is 4.35. The summed E-state index contributed by atoms with van der Waals surface area (Å²) in [5.74, 6) is 0. The maximum absolute atomic E-state index is 9.43. The molecule has 0 heterocycles. The van der Waals surface area contributed by atoms with Gasteiger partial charge in [-0.2, -0.15) is 0 Å². The van der Waals surface area contributed by atoms with Crippen molar-refractivity contribution in [1.29, 1.82) is 0 Å². The SMILES string of the molecule is CC[C@@H](O)CCCc1ccc(Br)c(C)c1. The van der Waals surface area contributed by atoms with Crippen molar-refractivity contribution in [2.75, 3.05) is 0 Å². The van der Waals surface area contributed by atoms with E-state index in [1.54, 1.807) is 0 Å². The molecule has 84 valence electrons. The molecule has 2 heteroatoms. The van der Waals surface area contributed by atoms with E-state index in [9.17, 15) is 5.11 Å². The highest BCUT2D eigenvalue weighted by Gasteiger charge is 2.01. The second kappa shape index (κ2) is 6.29. The summed E-state index contributed by atoms with van der Waals surface area (Å²) in [6.45, 7) is 4.13. The van der Waals surface area contributed by atoms with Gasteiger partial charge in [-0.05, 0) is 49.8 Å². The summed E-state index contributed by atoms with van der Waals surface area (Å²) in [6, 6.07) is 6.46. The first-order valence-corrected chi connectivity index (χ1v) is 6.36. The molecule has 0 saturated carbocycles. The van der Waals surface area contributed by atoms with E-state index in [1.165, 1.54) is 15.6 Å². The molecular formula is C13H19BrO. The van der Waals surface area contributed by atoms with Gasteiger partial charge in [0.15, 0.2) is 0 Å². The van der Waals surface area contributed by atoms with Gasteiger partial charge < -0.3 is 5.11 Å². The lowest BCUT2D eigenvalue weighted by Gasteiger charge is -2.08. The third-order valence-corrected chi connectivity index (χ3v) is 3.59. The van der Waals surface area contributed by atoms with Crippen LogP contribution in [0.2, 0.25) is 0 Å². The van der Waals surface area contributed by atoms with E-state index in [4.69, 9.17) is 0 Å². The molecule has 0 fully saturated rings. The van der Waals surface area contributed by atoms with E-state index in [2.05, 4.69) is 41.1 Å². The summed E-state index contributed by atoms with van der Waals surface area (Å²) in [5.41, 5.74) is 2.64. The molecule has 0 bridgehead atoms.